The van der Waals surface area contributed by atoms with E-state index in [0.29, 0.717) is 0 Å². The van der Waals surface area contributed by atoms with Crippen LogP contribution in [0.25, 0.3) is 22.2 Å². The molecule has 0 saturated heterocycles. The fourth-order valence-corrected chi connectivity index (χ4v) is 17.9. The van der Waals surface area contributed by atoms with Gasteiger partial charge in [-0.25, -0.2) is 0 Å². The molecule has 8 bridgehead atoms. The Labute approximate surface area is 282 Å². The summed E-state index contributed by atoms with van der Waals surface area (Å²) in [4.78, 5) is 4.61. The number of para-hydroxylation sites is 1. The Kier molecular flexibility index (Phi) is 7.79. The minimum atomic E-state index is -2.53. The van der Waals surface area contributed by atoms with E-state index < -0.39 is 7.14 Å². The van der Waals surface area contributed by atoms with Crippen molar-refractivity contribution in [3.05, 3.63) is 97.1 Å². The van der Waals surface area contributed by atoms with E-state index in [1.807, 2.05) is 48.5 Å². The molecule has 0 atom stereocenters. The number of pyridine rings is 1. The van der Waals surface area contributed by atoms with E-state index >= 15 is 4.57 Å². The first-order valence-corrected chi connectivity index (χ1v) is 19.1. The first kappa shape index (κ1) is 30.3. The second-order valence-corrected chi connectivity index (χ2v) is 19.4. The van der Waals surface area contributed by atoms with Gasteiger partial charge in [0.2, 0.25) is 0 Å². The van der Waals surface area contributed by atoms with E-state index in [4.69, 9.17) is 0 Å². The molecule has 4 heteroatoms. The van der Waals surface area contributed by atoms with Gasteiger partial charge < -0.3 is 4.57 Å². The molecular weight excluding hydrogens is 746 g/mol. The molecule has 4 aromatic rings. The number of aromatic nitrogens is 1. The van der Waals surface area contributed by atoms with Crippen molar-refractivity contribution in [2.45, 2.75) is 87.4 Å². The Hall–Kier alpha value is -2.05. The van der Waals surface area contributed by atoms with Crippen LogP contribution >= 0.6 is 7.14 Å². The minimum absolute atomic E-state index is 0. The first-order valence-electron chi connectivity index (χ1n) is 17.4. The van der Waals surface area contributed by atoms with Crippen molar-refractivity contribution in [2.75, 3.05) is 0 Å². The van der Waals surface area contributed by atoms with Gasteiger partial charge in [-0.15, -0.1) is 41.2 Å². The van der Waals surface area contributed by atoms with Crippen LogP contribution in [-0.2, 0) is 24.7 Å². The maximum Gasteiger partial charge on any atom is 0.104 e. The Morgan fingerprint density at radius 2 is 1.07 bits per heavy atom. The van der Waals surface area contributed by atoms with Gasteiger partial charge in [-0.05, 0) is 130 Å². The Morgan fingerprint density at radius 1 is 0.578 bits per heavy atom. The van der Waals surface area contributed by atoms with Crippen LogP contribution in [0.4, 0.5) is 0 Å². The third kappa shape index (κ3) is 4.98. The van der Waals surface area contributed by atoms with Crippen molar-refractivity contribution in [2.24, 2.45) is 35.5 Å². The molecule has 8 aliphatic rings. The summed E-state index contributed by atoms with van der Waals surface area (Å²) in [6.07, 6.45) is 16.3. The summed E-state index contributed by atoms with van der Waals surface area (Å²) in [5.74, 6) is 5.23. The number of nitrogens with zero attached hydrogens (tertiary/aromatic N) is 1. The summed E-state index contributed by atoms with van der Waals surface area (Å²) < 4.78 is 15.9. The number of hydrogen-bond donors (Lipinski definition) is 0. The molecule has 0 aliphatic heterocycles. The van der Waals surface area contributed by atoms with Gasteiger partial charge in [0.15, 0.2) is 0 Å². The van der Waals surface area contributed by atoms with Gasteiger partial charge in [-0.1, -0.05) is 30.3 Å². The van der Waals surface area contributed by atoms with Crippen LogP contribution in [-0.4, -0.2) is 15.3 Å². The normalized spacial score (nSPS) is 36.5. The van der Waals surface area contributed by atoms with Crippen LogP contribution in [0.15, 0.2) is 84.9 Å². The topological polar surface area (TPSA) is 30.0 Å². The summed E-state index contributed by atoms with van der Waals surface area (Å²) >= 11 is 0. The van der Waals surface area contributed by atoms with Crippen LogP contribution in [0.1, 0.15) is 77.0 Å². The Balaban J connectivity index is 0.000000151. The van der Waals surface area contributed by atoms with Crippen LogP contribution < -0.4 is 5.30 Å². The largest absolute Gasteiger partial charge is 0.320 e. The van der Waals surface area contributed by atoms with Gasteiger partial charge in [-0.3, -0.25) is 4.98 Å². The summed E-state index contributed by atoms with van der Waals surface area (Å²) in [5.41, 5.74) is 3.03. The third-order valence-electron chi connectivity index (χ3n) is 13.0. The fraction of sp³-hybridized carbons (Fsp3) is 0.488. The van der Waals surface area contributed by atoms with E-state index in [1.165, 1.54) is 87.7 Å². The molecule has 8 fully saturated rings. The predicted molar refractivity (Wildman–Crippen MR) is 180 cm³/mol. The van der Waals surface area contributed by atoms with Crippen LogP contribution in [0.2, 0.25) is 0 Å². The summed E-state index contributed by atoms with van der Waals surface area (Å²) in [5, 5.41) is 2.59. The van der Waals surface area contributed by atoms with Crippen molar-refractivity contribution >= 4 is 23.3 Å². The van der Waals surface area contributed by atoms with Gasteiger partial charge in [0.1, 0.15) is 7.14 Å². The zero-order chi connectivity index (χ0) is 29.4. The SMILES string of the molecule is O=P(c1[c-]cccc1)(C12CC3CC(CC(C3)C1)C2)C12CC3CC(CC(C3)C1)C2.[Ir].[c-]1ccccc1-c1ccc2ccccc2n1. The van der Waals surface area contributed by atoms with E-state index in [1.54, 1.807) is 0 Å². The third-order valence-corrected chi connectivity index (χ3v) is 17.7. The van der Waals surface area contributed by atoms with E-state index in [-0.39, 0.29) is 30.4 Å². The van der Waals surface area contributed by atoms with E-state index in [2.05, 4.69) is 53.5 Å². The molecule has 2 nitrogen and oxygen atoms in total. The van der Waals surface area contributed by atoms with E-state index in [9.17, 15) is 0 Å². The van der Waals surface area contributed by atoms with Crippen LogP contribution in [0, 0.1) is 47.6 Å². The fourth-order valence-electron chi connectivity index (χ4n) is 12.3. The number of benzene rings is 3. The molecule has 0 unspecified atom stereocenters. The first-order chi connectivity index (χ1) is 21.5. The van der Waals surface area contributed by atoms with Gasteiger partial charge in [0.25, 0.3) is 0 Å². The van der Waals surface area contributed by atoms with Crippen LogP contribution in [0.5, 0.6) is 0 Å². The number of hydrogen-bond acceptors (Lipinski definition) is 2. The molecule has 3 aromatic carbocycles. The van der Waals surface area contributed by atoms with Crippen molar-refractivity contribution < 1.29 is 24.7 Å². The zero-order valence-electron chi connectivity index (χ0n) is 26.2. The molecule has 1 heterocycles. The van der Waals surface area contributed by atoms with Crippen molar-refractivity contribution in [1.82, 2.24) is 4.98 Å². The molecule has 12 rings (SSSR count). The average Bonchev–Trinajstić information content (AvgIpc) is 3.04. The smallest absolute Gasteiger partial charge is 0.104 e. The molecule has 235 valence electrons. The molecule has 0 amide bonds. The molecule has 1 radical (unpaired) electrons. The monoisotopic (exact) mass is 790 g/mol. The second kappa shape index (κ2) is 11.6. The Bertz CT molecular complexity index is 1600. The second-order valence-electron chi connectivity index (χ2n) is 15.8. The molecule has 0 N–H and O–H groups in total. The van der Waals surface area contributed by atoms with E-state index in [0.717, 1.165) is 52.3 Å². The number of fused-ring (bicyclic) bond motifs is 1. The zero-order valence-corrected chi connectivity index (χ0v) is 29.5. The molecule has 1 aromatic heterocycles. The summed E-state index contributed by atoms with van der Waals surface area (Å²) in [6, 6.07) is 35.5. The van der Waals surface area contributed by atoms with Gasteiger partial charge in [0.05, 0.1) is 5.52 Å². The quantitative estimate of drug-likeness (QED) is 0.152. The number of rotatable bonds is 4. The maximum atomic E-state index is 15.9. The standard InChI is InChI=1S/C26H34OP.C15H10N.Ir/c27-28(24-4-2-1-3-5-24,25-12-18-6-19(13-25)8-20(7-18)14-25)26-15-21-9-22(16-26)11-23(10-21)17-26;1-2-6-12(7-3-1)15-11-10-13-8-4-5-9-14(13)16-15;/h1-4,18-23H,6-17H2;1-6,8-11H;/q2*-1;. The summed E-state index contributed by atoms with van der Waals surface area (Å²) in [7, 11) is -2.53. The minimum Gasteiger partial charge on any atom is -0.320 e. The van der Waals surface area contributed by atoms with Crippen LogP contribution in [0.3, 0.4) is 0 Å². The van der Waals surface area contributed by atoms with Gasteiger partial charge in [0, 0.05) is 30.4 Å². The predicted octanol–water partition coefficient (Wildman–Crippen LogP) is 10.1. The molecule has 45 heavy (non-hydrogen) atoms. The maximum absolute atomic E-state index is 15.9. The Morgan fingerprint density at radius 3 is 1.56 bits per heavy atom. The molecule has 0 spiro atoms. The van der Waals surface area contributed by atoms with Gasteiger partial charge >= 0.3 is 0 Å². The van der Waals surface area contributed by atoms with Crippen molar-refractivity contribution in [3.63, 3.8) is 0 Å². The molecule has 8 saturated carbocycles. The van der Waals surface area contributed by atoms with Crippen molar-refractivity contribution in [3.8, 4) is 11.3 Å². The summed E-state index contributed by atoms with van der Waals surface area (Å²) in [6.45, 7) is 0. The van der Waals surface area contributed by atoms with Crippen molar-refractivity contribution in [1.29, 1.82) is 0 Å². The molecular formula is C41H44IrNOP-2. The average molecular weight is 790 g/mol. The van der Waals surface area contributed by atoms with Gasteiger partial charge in [-0.2, -0.15) is 30.3 Å². The molecule has 8 aliphatic carbocycles.